The van der Waals surface area contributed by atoms with E-state index >= 15 is 0 Å². The topological polar surface area (TPSA) is 120 Å². The summed E-state index contributed by atoms with van der Waals surface area (Å²) in [5, 5.41) is 13.5. The fourth-order valence-electron chi connectivity index (χ4n) is 2.91. The molecule has 0 aliphatic rings. The molecule has 3 amide bonds. The Balaban J connectivity index is 1.40. The highest BCUT2D eigenvalue weighted by Crippen LogP contribution is 2.19. The third kappa shape index (κ3) is 6.05. The Bertz CT molecular complexity index is 1150. The average molecular weight is 416 g/mol. The molecule has 8 nitrogen and oxygen atoms in total. The van der Waals surface area contributed by atoms with Gasteiger partial charge in [-0.1, -0.05) is 54.6 Å². The predicted octanol–water partition coefficient (Wildman–Crippen LogP) is 1.60. The van der Waals surface area contributed by atoms with Gasteiger partial charge in [0.05, 0.1) is 18.5 Å². The molecule has 0 atom stereocenters. The summed E-state index contributed by atoms with van der Waals surface area (Å²) < 4.78 is 5.27. The van der Waals surface area contributed by atoms with Gasteiger partial charge < -0.3 is 10.1 Å². The van der Waals surface area contributed by atoms with Crippen LogP contribution >= 0.6 is 0 Å². The number of rotatable bonds is 7. The van der Waals surface area contributed by atoms with E-state index in [1.165, 1.54) is 0 Å². The first kappa shape index (κ1) is 21.3. The molecule has 0 heterocycles. The predicted molar refractivity (Wildman–Crippen MR) is 114 cm³/mol. The highest BCUT2D eigenvalue weighted by molar-refractivity contribution is 5.92. The van der Waals surface area contributed by atoms with Crippen molar-refractivity contribution in [3.8, 4) is 11.8 Å². The van der Waals surface area contributed by atoms with Crippen molar-refractivity contribution in [1.29, 1.82) is 5.26 Å². The van der Waals surface area contributed by atoms with Gasteiger partial charge in [0.25, 0.3) is 11.8 Å². The van der Waals surface area contributed by atoms with Crippen molar-refractivity contribution in [3.63, 3.8) is 0 Å². The molecule has 156 valence electrons. The summed E-state index contributed by atoms with van der Waals surface area (Å²) in [7, 11) is 0. The molecule has 0 unspecified atom stereocenters. The lowest BCUT2D eigenvalue weighted by Gasteiger charge is -2.10. The first-order valence-electron chi connectivity index (χ1n) is 9.50. The summed E-state index contributed by atoms with van der Waals surface area (Å²) in [6, 6.07) is 21.9. The minimum Gasteiger partial charge on any atom is -0.482 e. The normalized spacial score (nSPS) is 10.0. The lowest BCUT2D eigenvalue weighted by Crippen LogP contribution is -2.47. The minimum atomic E-state index is -0.608. The number of fused-ring (bicyclic) bond motifs is 1. The maximum Gasteiger partial charge on any atom is 0.276 e. The fourth-order valence-corrected chi connectivity index (χ4v) is 2.91. The van der Waals surface area contributed by atoms with E-state index in [0.717, 1.165) is 16.3 Å². The summed E-state index contributed by atoms with van der Waals surface area (Å²) in [5.74, 6) is -1.23. The smallest absolute Gasteiger partial charge is 0.276 e. The van der Waals surface area contributed by atoms with Crippen molar-refractivity contribution >= 4 is 28.5 Å². The Morgan fingerprint density at radius 3 is 2.39 bits per heavy atom. The number of hydrogen-bond donors (Lipinski definition) is 3. The quantitative estimate of drug-likeness (QED) is 0.505. The number of nitrogens with one attached hydrogen (secondary N) is 3. The number of amides is 3. The third-order valence-corrected chi connectivity index (χ3v) is 4.38. The van der Waals surface area contributed by atoms with Crippen LogP contribution in [0.15, 0.2) is 66.7 Å². The van der Waals surface area contributed by atoms with Crippen LogP contribution in [0.25, 0.3) is 10.8 Å². The summed E-state index contributed by atoms with van der Waals surface area (Å²) in [4.78, 5) is 35.9. The largest absolute Gasteiger partial charge is 0.482 e. The first-order valence-corrected chi connectivity index (χ1v) is 9.50. The first-order chi connectivity index (χ1) is 15.1. The van der Waals surface area contributed by atoms with Gasteiger partial charge in [-0.2, -0.15) is 5.26 Å². The lowest BCUT2D eigenvalue weighted by molar-refractivity contribution is -0.130. The van der Waals surface area contributed by atoms with Crippen LogP contribution in [0.1, 0.15) is 11.1 Å². The zero-order valence-electron chi connectivity index (χ0n) is 16.6. The zero-order chi connectivity index (χ0) is 22.1. The van der Waals surface area contributed by atoms with Gasteiger partial charge in [-0.25, -0.2) is 0 Å². The molecule has 0 saturated carbocycles. The van der Waals surface area contributed by atoms with Crippen molar-refractivity contribution in [3.05, 3.63) is 77.9 Å². The van der Waals surface area contributed by atoms with Crippen molar-refractivity contribution < 1.29 is 19.1 Å². The van der Waals surface area contributed by atoms with Crippen molar-refractivity contribution in [2.45, 2.75) is 6.42 Å². The molecule has 0 aliphatic carbocycles. The third-order valence-electron chi connectivity index (χ3n) is 4.38. The van der Waals surface area contributed by atoms with Crippen LogP contribution in [0, 0.1) is 11.3 Å². The van der Waals surface area contributed by atoms with E-state index in [-0.39, 0.29) is 31.2 Å². The number of benzene rings is 3. The van der Waals surface area contributed by atoms with Crippen LogP contribution in [0.5, 0.6) is 5.75 Å². The molecule has 3 rings (SSSR count). The molecule has 3 aromatic rings. The second-order valence-corrected chi connectivity index (χ2v) is 6.58. The van der Waals surface area contributed by atoms with Crippen LogP contribution in [-0.2, 0) is 20.8 Å². The van der Waals surface area contributed by atoms with Crippen LogP contribution in [0.2, 0.25) is 0 Å². The Morgan fingerprint density at radius 1 is 0.839 bits per heavy atom. The monoisotopic (exact) mass is 416 g/mol. The number of carbonyl (C=O) groups excluding carboxylic acids is 3. The fraction of sp³-hybridized carbons (Fsp3) is 0.130. The number of nitrogens with zero attached hydrogens (tertiary/aromatic N) is 1. The molecule has 0 spiro atoms. The minimum absolute atomic E-state index is 0.132. The van der Waals surface area contributed by atoms with Crippen molar-refractivity contribution in [2.75, 3.05) is 13.2 Å². The molecule has 0 fully saturated rings. The highest BCUT2D eigenvalue weighted by atomic mass is 16.5. The lowest BCUT2D eigenvalue weighted by atomic mass is 10.0. The Labute approximate surface area is 178 Å². The summed E-state index contributed by atoms with van der Waals surface area (Å²) >= 11 is 0. The number of carbonyl (C=O) groups is 3. The summed E-state index contributed by atoms with van der Waals surface area (Å²) in [5.41, 5.74) is 5.55. The molecule has 0 aromatic heterocycles. The molecule has 0 aliphatic heterocycles. The number of ether oxygens (including phenoxy) is 1. The highest BCUT2D eigenvalue weighted by Gasteiger charge is 2.10. The summed E-state index contributed by atoms with van der Waals surface area (Å²) in [6.07, 6.45) is 0.132. The number of hydrazine groups is 1. The SMILES string of the molecule is N#Cc1ccccc1OCC(=O)NNC(=O)CNC(=O)Cc1cccc2ccccc12. The average Bonchev–Trinajstić information content (AvgIpc) is 2.80. The Morgan fingerprint density at radius 2 is 1.55 bits per heavy atom. The van der Waals surface area contributed by atoms with Gasteiger partial charge in [-0.05, 0) is 28.5 Å². The number of para-hydroxylation sites is 1. The van der Waals surface area contributed by atoms with E-state index in [2.05, 4.69) is 16.2 Å². The summed E-state index contributed by atoms with van der Waals surface area (Å²) in [6.45, 7) is -0.672. The molecule has 3 N–H and O–H groups in total. The van der Waals surface area contributed by atoms with Crippen LogP contribution in [0.4, 0.5) is 0 Å². The van der Waals surface area contributed by atoms with Crippen molar-refractivity contribution in [1.82, 2.24) is 16.2 Å². The van der Waals surface area contributed by atoms with Crippen LogP contribution in [-0.4, -0.2) is 30.9 Å². The van der Waals surface area contributed by atoms with E-state index in [9.17, 15) is 14.4 Å². The van der Waals surface area contributed by atoms with Gasteiger partial charge >= 0.3 is 0 Å². The van der Waals surface area contributed by atoms with Crippen LogP contribution < -0.4 is 20.9 Å². The molecule has 0 bridgehead atoms. The van der Waals surface area contributed by atoms with E-state index in [1.54, 1.807) is 24.3 Å². The van der Waals surface area contributed by atoms with E-state index in [4.69, 9.17) is 10.00 Å². The van der Waals surface area contributed by atoms with Gasteiger partial charge in [-0.15, -0.1) is 0 Å². The van der Waals surface area contributed by atoms with E-state index < -0.39 is 11.8 Å². The van der Waals surface area contributed by atoms with E-state index in [1.807, 2.05) is 48.5 Å². The molecular weight excluding hydrogens is 396 g/mol. The van der Waals surface area contributed by atoms with Gasteiger partial charge in [0, 0.05) is 0 Å². The molecule has 0 saturated heterocycles. The van der Waals surface area contributed by atoms with E-state index in [0.29, 0.717) is 5.56 Å². The van der Waals surface area contributed by atoms with Gasteiger partial charge in [0.2, 0.25) is 5.91 Å². The molecule has 8 heteroatoms. The second-order valence-electron chi connectivity index (χ2n) is 6.58. The number of nitriles is 1. The number of hydrogen-bond acceptors (Lipinski definition) is 5. The molecule has 3 aromatic carbocycles. The molecular formula is C23H20N4O4. The van der Waals surface area contributed by atoms with Gasteiger partial charge in [-0.3, -0.25) is 25.2 Å². The Kier molecular flexibility index (Phi) is 7.16. The van der Waals surface area contributed by atoms with Crippen LogP contribution in [0.3, 0.4) is 0 Å². The van der Waals surface area contributed by atoms with Gasteiger partial charge in [0.1, 0.15) is 11.8 Å². The molecule has 31 heavy (non-hydrogen) atoms. The van der Waals surface area contributed by atoms with Gasteiger partial charge in [0.15, 0.2) is 6.61 Å². The van der Waals surface area contributed by atoms with Crippen molar-refractivity contribution in [2.24, 2.45) is 0 Å². The standard InChI is InChI=1S/C23H20N4O4/c24-13-18-7-2-4-11-20(18)31-15-23(30)27-26-22(29)14-25-21(28)12-17-9-5-8-16-6-1-3-10-19(16)17/h1-11H,12,14-15H2,(H,25,28)(H,26,29)(H,27,30). The second kappa shape index (κ2) is 10.4. The molecule has 0 radical (unpaired) electrons. The zero-order valence-corrected chi connectivity index (χ0v) is 16.6. The Hall–Kier alpha value is -4.38. The maximum atomic E-state index is 12.2. The maximum absolute atomic E-state index is 12.2.